The molecule has 7 heteroatoms. The van der Waals surface area contributed by atoms with Gasteiger partial charge in [-0.2, -0.15) is 0 Å². The molecule has 3 aromatic rings. The zero-order valence-electron chi connectivity index (χ0n) is 18.7. The Balaban J connectivity index is 1.97. The normalized spacial score (nSPS) is 14.6. The minimum Gasteiger partial charge on any atom is -0.478 e. The third-order valence-corrected chi connectivity index (χ3v) is 6.62. The maximum absolute atomic E-state index is 13.7. The number of hydrogen-bond donors (Lipinski definition) is 3. The number of anilines is 5. The van der Waals surface area contributed by atoms with Crippen LogP contribution in [0.2, 0.25) is 0 Å². The van der Waals surface area contributed by atoms with E-state index < -0.39 is 5.97 Å². The van der Waals surface area contributed by atoms with Crippen LogP contribution in [0.4, 0.5) is 32.8 Å². The van der Waals surface area contributed by atoms with E-state index in [4.69, 9.17) is 11.1 Å². The van der Waals surface area contributed by atoms with Crippen molar-refractivity contribution in [1.29, 1.82) is 5.41 Å². The number of nitrogens with two attached hydrogens (primary N) is 1. The lowest BCUT2D eigenvalue weighted by Crippen LogP contribution is -2.56. The lowest BCUT2D eigenvalue weighted by molar-refractivity contribution is 0.0697. The van der Waals surface area contributed by atoms with Crippen LogP contribution in [-0.2, 0) is 0 Å². The van der Waals surface area contributed by atoms with E-state index in [1.165, 1.54) is 18.3 Å². The highest BCUT2D eigenvalue weighted by atomic mass is 19.1. The summed E-state index contributed by atoms with van der Waals surface area (Å²) < 4.78 is 13.7. The van der Waals surface area contributed by atoms with Gasteiger partial charge in [0, 0.05) is 35.4 Å². The van der Waals surface area contributed by atoms with Crippen LogP contribution in [-0.4, -0.2) is 29.4 Å². The Bertz CT molecular complexity index is 1190. The van der Waals surface area contributed by atoms with Crippen molar-refractivity contribution in [1.82, 2.24) is 0 Å². The predicted octanol–water partition coefficient (Wildman–Crippen LogP) is 5.95. The zero-order valence-corrected chi connectivity index (χ0v) is 18.7. The van der Waals surface area contributed by atoms with Gasteiger partial charge in [-0.15, -0.1) is 0 Å². The maximum atomic E-state index is 13.7. The zero-order chi connectivity index (χ0) is 23.8. The third kappa shape index (κ3) is 3.80. The summed E-state index contributed by atoms with van der Waals surface area (Å²) in [5, 5.41) is 17.1. The first-order valence-corrected chi connectivity index (χ1v) is 10.9. The van der Waals surface area contributed by atoms with E-state index in [2.05, 4.69) is 23.6 Å². The second-order valence-corrected chi connectivity index (χ2v) is 8.30. The van der Waals surface area contributed by atoms with Crippen molar-refractivity contribution < 1.29 is 14.3 Å². The minimum atomic E-state index is -0.973. The number of rotatable bonds is 6. The van der Waals surface area contributed by atoms with Crippen molar-refractivity contribution in [3.8, 4) is 0 Å². The highest BCUT2D eigenvalue weighted by Crippen LogP contribution is 2.50. The summed E-state index contributed by atoms with van der Waals surface area (Å²) in [6.07, 6.45) is 2.86. The van der Waals surface area contributed by atoms with Gasteiger partial charge in [0.2, 0.25) is 0 Å². The fourth-order valence-electron chi connectivity index (χ4n) is 4.64. The van der Waals surface area contributed by atoms with E-state index in [0.29, 0.717) is 17.8 Å². The molecule has 1 aliphatic heterocycles. The SMILES string of the molecule is CCC1(CC)CN(c2ccc(C(=O)O)cc2)c2cc(N)c(C=N)cc2N1c1ccc(F)cc1. The molecule has 0 aromatic heterocycles. The number of halogens is 1. The van der Waals surface area contributed by atoms with Crippen LogP contribution in [0.25, 0.3) is 0 Å². The lowest BCUT2D eigenvalue weighted by atomic mass is 9.85. The Labute approximate surface area is 192 Å². The van der Waals surface area contributed by atoms with Gasteiger partial charge < -0.3 is 26.0 Å². The molecule has 0 unspecified atom stereocenters. The molecule has 170 valence electrons. The third-order valence-electron chi connectivity index (χ3n) is 6.62. The topological polar surface area (TPSA) is 93.6 Å². The fourth-order valence-corrected chi connectivity index (χ4v) is 4.64. The average molecular weight is 447 g/mol. The van der Waals surface area contributed by atoms with Crippen LogP contribution < -0.4 is 15.5 Å². The molecular formula is C26H27FN4O2. The monoisotopic (exact) mass is 446 g/mol. The number of nitrogens with one attached hydrogen (secondary N) is 1. The summed E-state index contributed by atoms with van der Waals surface area (Å²) in [5.41, 5.74) is 10.7. The summed E-state index contributed by atoms with van der Waals surface area (Å²) >= 11 is 0. The molecule has 0 bridgehead atoms. The number of aromatic carboxylic acids is 1. The van der Waals surface area contributed by atoms with Crippen LogP contribution in [0.5, 0.6) is 0 Å². The van der Waals surface area contributed by atoms with Crippen molar-refractivity contribution >= 4 is 40.6 Å². The van der Waals surface area contributed by atoms with Crippen LogP contribution in [0.3, 0.4) is 0 Å². The molecule has 3 aromatic carbocycles. The Morgan fingerprint density at radius 3 is 2.21 bits per heavy atom. The van der Waals surface area contributed by atoms with E-state index in [0.717, 1.165) is 35.6 Å². The smallest absolute Gasteiger partial charge is 0.335 e. The van der Waals surface area contributed by atoms with Gasteiger partial charge in [-0.3, -0.25) is 0 Å². The number of carbonyl (C=O) groups is 1. The van der Waals surface area contributed by atoms with Gasteiger partial charge in [0.25, 0.3) is 0 Å². The molecule has 1 aliphatic rings. The van der Waals surface area contributed by atoms with Gasteiger partial charge >= 0.3 is 5.97 Å². The maximum Gasteiger partial charge on any atom is 0.335 e. The van der Waals surface area contributed by atoms with E-state index in [1.807, 2.05) is 12.1 Å². The Kier molecular flexibility index (Phi) is 5.80. The largest absolute Gasteiger partial charge is 0.478 e. The molecule has 0 saturated carbocycles. The molecule has 0 radical (unpaired) electrons. The number of benzene rings is 3. The van der Waals surface area contributed by atoms with Gasteiger partial charge in [0.1, 0.15) is 5.82 Å². The number of nitrogen functional groups attached to an aromatic ring is 1. The molecule has 33 heavy (non-hydrogen) atoms. The highest BCUT2D eigenvalue weighted by molar-refractivity contribution is 5.95. The Morgan fingerprint density at radius 2 is 1.67 bits per heavy atom. The van der Waals surface area contributed by atoms with Gasteiger partial charge in [-0.25, -0.2) is 9.18 Å². The van der Waals surface area contributed by atoms with Gasteiger partial charge in [-0.05, 0) is 73.5 Å². The second kappa shape index (κ2) is 8.58. The molecule has 0 spiro atoms. The minimum absolute atomic E-state index is 0.222. The Hall–Kier alpha value is -3.87. The van der Waals surface area contributed by atoms with Crippen molar-refractivity contribution in [3.05, 3.63) is 77.6 Å². The molecule has 4 N–H and O–H groups in total. The molecule has 0 atom stereocenters. The van der Waals surface area contributed by atoms with E-state index >= 15 is 0 Å². The number of nitrogens with zero attached hydrogens (tertiary/aromatic N) is 2. The molecule has 0 saturated heterocycles. The first kappa shape index (κ1) is 22.3. The van der Waals surface area contributed by atoms with E-state index in [1.54, 1.807) is 36.4 Å². The highest BCUT2D eigenvalue weighted by Gasteiger charge is 2.43. The fraction of sp³-hybridized carbons (Fsp3) is 0.231. The summed E-state index contributed by atoms with van der Waals surface area (Å²) in [6.45, 7) is 4.89. The number of hydrogen-bond acceptors (Lipinski definition) is 5. The number of fused-ring (bicyclic) bond motifs is 1. The predicted molar refractivity (Wildman–Crippen MR) is 131 cm³/mol. The first-order chi connectivity index (χ1) is 15.8. The standard InChI is InChI=1S/C26H27FN4O2/c1-3-26(4-2)16-30(20-9-5-17(6-10-20)25(32)33)23-14-22(29)18(15-28)13-24(23)31(26)21-11-7-19(27)8-12-21/h5-15,28H,3-4,16,29H2,1-2H3,(H,32,33). The van der Waals surface area contributed by atoms with Gasteiger partial charge in [0.15, 0.2) is 0 Å². The summed E-state index contributed by atoms with van der Waals surface area (Å²) in [6, 6.07) is 17.0. The van der Waals surface area contributed by atoms with Crippen molar-refractivity contribution in [2.75, 3.05) is 22.1 Å². The number of carboxylic acid groups (broad SMARTS) is 1. The molecule has 0 aliphatic carbocycles. The summed E-state index contributed by atoms with van der Waals surface area (Å²) in [4.78, 5) is 15.7. The average Bonchev–Trinajstić information content (AvgIpc) is 2.83. The van der Waals surface area contributed by atoms with E-state index in [9.17, 15) is 14.3 Å². The van der Waals surface area contributed by atoms with Crippen molar-refractivity contribution in [3.63, 3.8) is 0 Å². The van der Waals surface area contributed by atoms with Crippen LogP contribution in [0, 0.1) is 11.2 Å². The molecule has 4 rings (SSSR count). The summed E-state index contributed by atoms with van der Waals surface area (Å²) in [5.74, 6) is -1.27. The number of carboxylic acids is 1. The molecule has 0 amide bonds. The Morgan fingerprint density at radius 1 is 1.06 bits per heavy atom. The molecule has 6 nitrogen and oxygen atoms in total. The first-order valence-electron chi connectivity index (χ1n) is 10.9. The lowest BCUT2D eigenvalue weighted by Gasteiger charge is -2.53. The molecule has 1 heterocycles. The van der Waals surface area contributed by atoms with E-state index in [-0.39, 0.29) is 16.9 Å². The molecule has 0 fully saturated rings. The second-order valence-electron chi connectivity index (χ2n) is 8.30. The van der Waals surface area contributed by atoms with Crippen molar-refractivity contribution in [2.45, 2.75) is 32.2 Å². The summed E-state index contributed by atoms with van der Waals surface area (Å²) in [7, 11) is 0. The van der Waals surface area contributed by atoms with Crippen molar-refractivity contribution in [2.24, 2.45) is 0 Å². The molecular weight excluding hydrogens is 419 g/mol. The van der Waals surface area contributed by atoms with Gasteiger partial charge in [0.05, 0.1) is 22.5 Å². The van der Waals surface area contributed by atoms with Crippen LogP contribution in [0.1, 0.15) is 42.6 Å². The quantitative estimate of drug-likeness (QED) is 0.321. The van der Waals surface area contributed by atoms with Gasteiger partial charge in [-0.1, -0.05) is 13.8 Å². The van der Waals surface area contributed by atoms with Crippen LogP contribution in [0.15, 0.2) is 60.7 Å². The van der Waals surface area contributed by atoms with Crippen LogP contribution >= 0.6 is 0 Å².